The number of nitrogens with zero attached hydrogens (tertiary/aromatic N) is 1. The van der Waals surface area contributed by atoms with E-state index >= 15 is 0 Å². The maximum Gasteiger partial charge on any atom is 0.341 e. The Morgan fingerprint density at radius 2 is 2.24 bits per heavy atom. The number of rotatable bonds is 6. The normalized spacial score (nSPS) is 10.6. The van der Waals surface area contributed by atoms with Crippen molar-refractivity contribution >= 4 is 39.5 Å². The number of hydrogen-bond donors (Lipinski definition) is 1. The second kappa shape index (κ2) is 7.31. The summed E-state index contributed by atoms with van der Waals surface area (Å²) in [4.78, 5) is 27.0. The number of hydrogen-bond acceptors (Lipinski definition) is 7. The minimum Gasteiger partial charge on any atom is -0.489 e. The molecule has 0 aliphatic rings. The molecule has 3 aromatic rings. The van der Waals surface area contributed by atoms with Crippen LogP contribution in [0, 0.1) is 0 Å². The summed E-state index contributed by atoms with van der Waals surface area (Å²) in [7, 11) is 0. The molecule has 0 bridgehead atoms. The van der Waals surface area contributed by atoms with Gasteiger partial charge in [0.25, 0.3) is 0 Å². The SMILES string of the molecule is CCOC(=O)c1cnc(N)c2c(COc3cccc(C=O)c3)csc12. The molecule has 0 aliphatic carbocycles. The van der Waals surface area contributed by atoms with Crippen LogP contribution in [0.2, 0.25) is 0 Å². The van der Waals surface area contributed by atoms with Crippen LogP contribution in [0.25, 0.3) is 10.1 Å². The van der Waals surface area contributed by atoms with Crippen LogP contribution in [0.3, 0.4) is 0 Å². The summed E-state index contributed by atoms with van der Waals surface area (Å²) >= 11 is 1.39. The van der Waals surface area contributed by atoms with Crippen LogP contribution in [0.15, 0.2) is 35.8 Å². The van der Waals surface area contributed by atoms with Crippen molar-refractivity contribution in [3.63, 3.8) is 0 Å². The number of carbonyl (C=O) groups excluding carboxylic acids is 2. The van der Waals surface area contributed by atoms with Gasteiger partial charge in [0.15, 0.2) is 0 Å². The lowest BCUT2D eigenvalue weighted by atomic mass is 10.1. The van der Waals surface area contributed by atoms with E-state index in [0.29, 0.717) is 34.7 Å². The molecule has 128 valence electrons. The van der Waals surface area contributed by atoms with E-state index < -0.39 is 5.97 Å². The maximum atomic E-state index is 12.1. The lowest BCUT2D eigenvalue weighted by Crippen LogP contribution is -2.06. The van der Waals surface area contributed by atoms with Crippen LogP contribution < -0.4 is 10.5 Å². The molecule has 2 aromatic heterocycles. The summed E-state index contributed by atoms with van der Waals surface area (Å²) in [6.45, 7) is 2.29. The third-order valence-electron chi connectivity index (χ3n) is 3.58. The third-order valence-corrected chi connectivity index (χ3v) is 4.65. The van der Waals surface area contributed by atoms with E-state index in [1.54, 1.807) is 31.2 Å². The summed E-state index contributed by atoms with van der Waals surface area (Å²) < 4.78 is 11.5. The number of fused-ring (bicyclic) bond motifs is 1. The summed E-state index contributed by atoms with van der Waals surface area (Å²) in [6.07, 6.45) is 2.20. The topological polar surface area (TPSA) is 91.5 Å². The molecule has 0 fully saturated rings. The molecule has 0 atom stereocenters. The van der Waals surface area contributed by atoms with Crippen LogP contribution in [-0.2, 0) is 11.3 Å². The number of anilines is 1. The molecule has 3 rings (SSSR count). The quantitative estimate of drug-likeness (QED) is 0.537. The van der Waals surface area contributed by atoms with Gasteiger partial charge in [0, 0.05) is 22.7 Å². The van der Waals surface area contributed by atoms with Gasteiger partial charge in [-0.25, -0.2) is 9.78 Å². The van der Waals surface area contributed by atoms with Gasteiger partial charge in [0.2, 0.25) is 0 Å². The number of ether oxygens (including phenoxy) is 2. The molecule has 0 unspecified atom stereocenters. The molecule has 0 amide bonds. The Morgan fingerprint density at radius 1 is 1.40 bits per heavy atom. The molecule has 25 heavy (non-hydrogen) atoms. The number of aromatic nitrogens is 1. The zero-order chi connectivity index (χ0) is 17.8. The predicted octanol–water partition coefficient (Wildman–Crippen LogP) is 3.45. The Bertz CT molecular complexity index is 936. The Morgan fingerprint density at radius 3 is 3.00 bits per heavy atom. The number of pyridine rings is 1. The zero-order valence-electron chi connectivity index (χ0n) is 13.5. The second-order valence-electron chi connectivity index (χ2n) is 5.22. The van der Waals surface area contributed by atoms with E-state index in [4.69, 9.17) is 15.2 Å². The zero-order valence-corrected chi connectivity index (χ0v) is 14.3. The first kappa shape index (κ1) is 16.9. The van der Waals surface area contributed by atoms with Gasteiger partial charge >= 0.3 is 5.97 Å². The molecule has 0 aliphatic heterocycles. The van der Waals surface area contributed by atoms with Crippen LogP contribution in [-0.4, -0.2) is 23.8 Å². The highest BCUT2D eigenvalue weighted by Crippen LogP contribution is 2.33. The minimum atomic E-state index is -0.423. The minimum absolute atomic E-state index is 0.250. The number of esters is 1. The van der Waals surface area contributed by atoms with Crippen molar-refractivity contribution in [3.05, 3.63) is 52.5 Å². The monoisotopic (exact) mass is 356 g/mol. The van der Waals surface area contributed by atoms with Gasteiger partial charge in [-0.05, 0) is 24.4 Å². The number of carbonyl (C=O) groups is 2. The number of benzene rings is 1. The molecule has 0 saturated heterocycles. The number of aldehydes is 1. The Balaban J connectivity index is 1.90. The average Bonchev–Trinajstić information content (AvgIpc) is 3.05. The number of nitrogen functional groups attached to an aromatic ring is 1. The van der Waals surface area contributed by atoms with Gasteiger partial charge in [-0.15, -0.1) is 11.3 Å². The highest BCUT2D eigenvalue weighted by atomic mass is 32.1. The second-order valence-corrected chi connectivity index (χ2v) is 6.10. The Kier molecular flexibility index (Phi) is 4.95. The average molecular weight is 356 g/mol. The van der Waals surface area contributed by atoms with Gasteiger partial charge in [-0.2, -0.15) is 0 Å². The standard InChI is InChI=1S/C18H16N2O4S/c1-2-23-18(22)14-7-20-17(19)15-12(10-25-16(14)15)9-24-13-5-3-4-11(6-13)8-21/h3-8,10H,2,9H2,1H3,(H2,19,20). The van der Waals surface area contributed by atoms with Gasteiger partial charge in [0.1, 0.15) is 24.5 Å². The van der Waals surface area contributed by atoms with Gasteiger partial charge in [0.05, 0.1) is 16.9 Å². The van der Waals surface area contributed by atoms with Crippen LogP contribution in [0.1, 0.15) is 33.2 Å². The van der Waals surface area contributed by atoms with Crippen molar-refractivity contribution in [2.45, 2.75) is 13.5 Å². The summed E-state index contributed by atoms with van der Waals surface area (Å²) in [5.41, 5.74) is 7.76. The number of thiophene rings is 1. The highest BCUT2D eigenvalue weighted by Gasteiger charge is 2.18. The van der Waals surface area contributed by atoms with E-state index in [1.165, 1.54) is 17.5 Å². The van der Waals surface area contributed by atoms with Crippen molar-refractivity contribution in [3.8, 4) is 5.75 Å². The Hall–Kier alpha value is -2.93. The molecule has 1 aromatic carbocycles. The summed E-state index contributed by atoms with van der Waals surface area (Å²) in [6, 6.07) is 6.88. The predicted molar refractivity (Wildman–Crippen MR) is 96.2 cm³/mol. The molecule has 0 spiro atoms. The lowest BCUT2D eigenvalue weighted by Gasteiger charge is -2.08. The van der Waals surface area contributed by atoms with E-state index in [1.807, 2.05) is 5.38 Å². The molecule has 6 nitrogen and oxygen atoms in total. The van der Waals surface area contributed by atoms with E-state index in [9.17, 15) is 9.59 Å². The third kappa shape index (κ3) is 3.46. The van der Waals surface area contributed by atoms with E-state index in [-0.39, 0.29) is 6.61 Å². The summed E-state index contributed by atoms with van der Waals surface area (Å²) in [5.74, 6) is 0.495. The van der Waals surface area contributed by atoms with Gasteiger partial charge < -0.3 is 15.2 Å². The molecule has 0 radical (unpaired) electrons. The van der Waals surface area contributed by atoms with E-state index in [0.717, 1.165) is 16.5 Å². The van der Waals surface area contributed by atoms with Crippen LogP contribution in [0.4, 0.5) is 5.82 Å². The Labute approximate surface area is 148 Å². The van der Waals surface area contributed by atoms with Crippen molar-refractivity contribution in [2.24, 2.45) is 0 Å². The maximum absolute atomic E-state index is 12.1. The fourth-order valence-electron chi connectivity index (χ4n) is 2.43. The highest BCUT2D eigenvalue weighted by molar-refractivity contribution is 7.17. The number of nitrogens with two attached hydrogens (primary N) is 1. The fraction of sp³-hybridized carbons (Fsp3) is 0.167. The molecule has 0 saturated carbocycles. The van der Waals surface area contributed by atoms with Crippen LogP contribution >= 0.6 is 11.3 Å². The fourth-order valence-corrected chi connectivity index (χ4v) is 3.49. The van der Waals surface area contributed by atoms with Gasteiger partial charge in [-0.3, -0.25) is 4.79 Å². The first-order valence-electron chi connectivity index (χ1n) is 7.63. The molecule has 2 heterocycles. The van der Waals surface area contributed by atoms with Gasteiger partial charge in [-0.1, -0.05) is 12.1 Å². The first-order chi connectivity index (χ1) is 12.1. The molecular weight excluding hydrogens is 340 g/mol. The lowest BCUT2D eigenvalue weighted by molar-refractivity contribution is 0.0528. The van der Waals surface area contributed by atoms with E-state index in [2.05, 4.69) is 4.98 Å². The summed E-state index contributed by atoms with van der Waals surface area (Å²) in [5, 5.41) is 2.58. The largest absolute Gasteiger partial charge is 0.489 e. The van der Waals surface area contributed by atoms with Crippen molar-refractivity contribution in [1.82, 2.24) is 4.98 Å². The van der Waals surface area contributed by atoms with Crippen molar-refractivity contribution < 1.29 is 19.1 Å². The van der Waals surface area contributed by atoms with Crippen LogP contribution in [0.5, 0.6) is 5.75 Å². The molecular formula is C18H16N2O4S. The van der Waals surface area contributed by atoms with Crippen molar-refractivity contribution in [1.29, 1.82) is 0 Å². The molecule has 2 N–H and O–H groups in total. The smallest absolute Gasteiger partial charge is 0.341 e. The first-order valence-corrected chi connectivity index (χ1v) is 8.51. The van der Waals surface area contributed by atoms with Crippen molar-refractivity contribution in [2.75, 3.05) is 12.3 Å². The molecule has 7 heteroatoms.